The maximum Gasteiger partial charge on any atom is 0.156 e. The quantitative estimate of drug-likeness (QED) is 0.418. The minimum atomic E-state index is 0.148. The zero-order chi connectivity index (χ0) is 20.2. The van der Waals surface area contributed by atoms with Crippen LogP contribution in [0.5, 0.6) is 0 Å². The van der Waals surface area contributed by atoms with Gasteiger partial charge in [-0.05, 0) is 13.0 Å². The summed E-state index contributed by atoms with van der Waals surface area (Å²) in [5.74, 6) is 1.46. The molecule has 6 rings (SSSR count). The highest BCUT2D eigenvalue weighted by Gasteiger charge is 2.29. The Morgan fingerprint density at radius 1 is 1.00 bits per heavy atom. The normalized spacial score (nSPS) is 14.5. The molecule has 1 saturated heterocycles. The standard InChI is InChI=1S/C20H18N10/c1-10-16-13(2-3-22-10)27-19(28-16)15-12-6-26-29-14(12)7-25-17(15)18-20(24-5-4-23-18)30-8-11(21)9-30/h2-7,11H,8-9,21H2,1H3,(H,26,29)(H,27,28). The van der Waals surface area contributed by atoms with Gasteiger partial charge in [0.15, 0.2) is 5.82 Å². The molecule has 148 valence electrons. The van der Waals surface area contributed by atoms with Gasteiger partial charge in [-0.1, -0.05) is 0 Å². The molecule has 0 radical (unpaired) electrons. The number of rotatable bonds is 3. The van der Waals surface area contributed by atoms with Gasteiger partial charge >= 0.3 is 0 Å². The molecule has 0 aliphatic carbocycles. The Morgan fingerprint density at radius 3 is 2.70 bits per heavy atom. The lowest BCUT2D eigenvalue weighted by Gasteiger charge is -2.38. The van der Waals surface area contributed by atoms with Crippen LogP contribution in [0.3, 0.4) is 0 Å². The molecular formula is C20H18N10. The van der Waals surface area contributed by atoms with Gasteiger partial charge in [-0.15, -0.1) is 0 Å². The molecule has 5 aromatic heterocycles. The number of H-pyrrole nitrogens is 2. The van der Waals surface area contributed by atoms with E-state index in [0.717, 1.165) is 52.1 Å². The summed E-state index contributed by atoms with van der Waals surface area (Å²) in [5.41, 5.74) is 11.6. The van der Waals surface area contributed by atoms with Crippen LogP contribution < -0.4 is 10.6 Å². The summed E-state index contributed by atoms with van der Waals surface area (Å²) in [6.45, 7) is 3.42. The van der Waals surface area contributed by atoms with Crippen molar-refractivity contribution in [2.45, 2.75) is 13.0 Å². The lowest BCUT2D eigenvalue weighted by Crippen LogP contribution is -2.56. The van der Waals surface area contributed by atoms with Crippen LogP contribution in [0.25, 0.3) is 44.7 Å². The number of aromatic nitrogens is 8. The fourth-order valence-corrected chi connectivity index (χ4v) is 3.94. The largest absolute Gasteiger partial charge is 0.352 e. The van der Waals surface area contributed by atoms with Crippen LogP contribution in [-0.4, -0.2) is 59.2 Å². The molecule has 0 atom stereocenters. The van der Waals surface area contributed by atoms with Crippen molar-refractivity contribution in [3.63, 3.8) is 0 Å². The van der Waals surface area contributed by atoms with Crippen LogP contribution in [0.15, 0.2) is 37.1 Å². The average Bonchev–Trinajstić information content (AvgIpc) is 3.38. The third-order valence-electron chi connectivity index (χ3n) is 5.43. The van der Waals surface area contributed by atoms with Crippen molar-refractivity contribution in [1.82, 2.24) is 40.1 Å². The van der Waals surface area contributed by atoms with Gasteiger partial charge in [0.1, 0.15) is 22.7 Å². The van der Waals surface area contributed by atoms with E-state index in [-0.39, 0.29) is 6.04 Å². The molecule has 0 spiro atoms. The van der Waals surface area contributed by atoms with Crippen LogP contribution in [0, 0.1) is 6.92 Å². The predicted octanol–water partition coefficient (Wildman–Crippen LogP) is 1.81. The molecule has 0 aromatic carbocycles. The van der Waals surface area contributed by atoms with E-state index in [0.29, 0.717) is 17.2 Å². The van der Waals surface area contributed by atoms with Gasteiger partial charge in [-0.3, -0.25) is 15.1 Å². The molecular weight excluding hydrogens is 380 g/mol. The topological polar surface area (TPSA) is 138 Å². The van der Waals surface area contributed by atoms with E-state index < -0.39 is 0 Å². The van der Waals surface area contributed by atoms with E-state index in [1.165, 1.54) is 0 Å². The van der Waals surface area contributed by atoms with Gasteiger partial charge in [0.2, 0.25) is 0 Å². The SMILES string of the molecule is Cc1nccc2[nH]c(-c3c(-c4nccnc4N4CC(N)C4)ncc4[nH]ncc34)nc12. The number of nitrogens with two attached hydrogens (primary N) is 1. The molecule has 10 nitrogen and oxygen atoms in total. The zero-order valence-electron chi connectivity index (χ0n) is 16.2. The molecule has 0 bridgehead atoms. The van der Waals surface area contributed by atoms with Crippen LogP contribution in [0.1, 0.15) is 5.69 Å². The molecule has 0 amide bonds. The molecule has 10 heteroatoms. The molecule has 6 heterocycles. The van der Waals surface area contributed by atoms with E-state index in [9.17, 15) is 0 Å². The lowest BCUT2D eigenvalue weighted by atomic mass is 10.0. The van der Waals surface area contributed by atoms with E-state index in [4.69, 9.17) is 15.7 Å². The summed E-state index contributed by atoms with van der Waals surface area (Å²) in [5, 5.41) is 8.10. The number of hydrogen-bond donors (Lipinski definition) is 3. The predicted molar refractivity (Wildman–Crippen MR) is 113 cm³/mol. The van der Waals surface area contributed by atoms with Crippen molar-refractivity contribution in [2.24, 2.45) is 5.73 Å². The number of aromatic amines is 2. The van der Waals surface area contributed by atoms with E-state index in [1.807, 2.05) is 13.0 Å². The Morgan fingerprint density at radius 2 is 1.87 bits per heavy atom. The maximum absolute atomic E-state index is 5.99. The molecule has 0 unspecified atom stereocenters. The highest BCUT2D eigenvalue weighted by Crippen LogP contribution is 2.38. The van der Waals surface area contributed by atoms with Gasteiger partial charge in [-0.2, -0.15) is 5.10 Å². The minimum Gasteiger partial charge on any atom is -0.352 e. The van der Waals surface area contributed by atoms with Crippen molar-refractivity contribution >= 4 is 27.8 Å². The van der Waals surface area contributed by atoms with Gasteiger partial charge in [0, 0.05) is 43.1 Å². The molecule has 0 saturated carbocycles. The Bertz CT molecular complexity index is 1400. The molecule has 1 aliphatic rings. The summed E-state index contributed by atoms with van der Waals surface area (Å²) in [6.07, 6.45) is 8.68. The fraction of sp³-hybridized carbons (Fsp3) is 0.200. The summed E-state index contributed by atoms with van der Waals surface area (Å²) in [4.78, 5) is 28.7. The van der Waals surface area contributed by atoms with E-state index in [1.54, 1.807) is 31.0 Å². The van der Waals surface area contributed by atoms with Crippen LogP contribution in [-0.2, 0) is 0 Å². The number of anilines is 1. The maximum atomic E-state index is 5.99. The lowest BCUT2D eigenvalue weighted by molar-refractivity contribution is 0.514. The molecule has 1 fully saturated rings. The molecule has 4 N–H and O–H groups in total. The molecule has 30 heavy (non-hydrogen) atoms. The number of aryl methyl sites for hydroxylation is 1. The van der Waals surface area contributed by atoms with E-state index >= 15 is 0 Å². The van der Waals surface area contributed by atoms with Crippen LogP contribution >= 0.6 is 0 Å². The second-order valence-electron chi connectivity index (χ2n) is 7.45. The number of nitrogens with one attached hydrogen (secondary N) is 2. The first-order valence-electron chi connectivity index (χ1n) is 9.64. The van der Waals surface area contributed by atoms with Crippen LogP contribution in [0.2, 0.25) is 0 Å². The smallest absolute Gasteiger partial charge is 0.156 e. The Labute approximate surface area is 170 Å². The molecule has 1 aliphatic heterocycles. The number of nitrogens with zero attached hydrogens (tertiary/aromatic N) is 7. The summed E-state index contributed by atoms with van der Waals surface area (Å²) in [7, 11) is 0. The Hall–Kier alpha value is -3.92. The first-order chi connectivity index (χ1) is 14.7. The second-order valence-corrected chi connectivity index (χ2v) is 7.45. The summed E-state index contributed by atoms with van der Waals surface area (Å²) in [6, 6.07) is 2.06. The summed E-state index contributed by atoms with van der Waals surface area (Å²) < 4.78 is 0. The van der Waals surface area contributed by atoms with Crippen molar-refractivity contribution < 1.29 is 0 Å². The van der Waals surface area contributed by atoms with E-state index in [2.05, 4.69) is 35.0 Å². The van der Waals surface area contributed by atoms with Gasteiger partial charge in [-0.25, -0.2) is 15.0 Å². The number of imidazole rings is 1. The van der Waals surface area contributed by atoms with Crippen LogP contribution in [0.4, 0.5) is 5.82 Å². The number of pyridine rings is 2. The second kappa shape index (κ2) is 6.29. The first kappa shape index (κ1) is 17.0. The van der Waals surface area contributed by atoms with Crippen molar-refractivity contribution in [3.05, 3.63) is 42.7 Å². The zero-order valence-corrected chi connectivity index (χ0v) is 16.2. The monoisotopic (exact) mass is 398 g/mol. The minimum absolute atomic E-state index is 0.148. The highest BCUT2D eigenvalue weighted by atomic mass is 15.3. The highest BCUT2D eigenvalue weighted by molar-refractivity contribution is 6.01. The third-order valence-corrected chi connectivity index (χ3v) is 5.43. The van der Waals surface area contributed by atoms with Gasteiger partial charge in [0.05, 0.1) is 34.7 Å². The van der Waals surface area contributed by atoms with Gasteiger partial charge < -0.3 is 15.6 Å². The Kier molecular flexibility index (Phi) is 3.56. The van der Waals surface area contributed by atoms with Crippen molar-refractivity contribution in [1.29, 1.82) is 0 Å². The number of hydrogen-bond acceptors (Lipinski definition) is 8. The molecule has 5 aromatic rings. The Balaban J connectivity index is 1.62. The van der Waals surface area contributed by atoms with Gasteiger partial charge in [0.25, 0.3) is 0 Å². The average molecular weight is 398 g/mol. The van der Waals surface area contributed by atoms with Crippen molar-refractivity contribution in [2.75, 3.05) is 18.0 Å². The fourth-order valence-electron chi connectivity index (χ4n) is 3.94. The number of fused-ring (bicyclic) bond motifs is 2. The third kappa shape index (κ3) is 2.47. The first-order valence-corrected chi connectivity index (χ1v) is 9.64. The summed E-state index contributed by atoms with van der Waals surface area (Å²) >= 11 is 0. The van der Waals surface area contributed by atoms with Crippen molar-refractivity contribution in [3.8, 4) is 22.8 Å².